The minimum absolute atomic E-state index is 0.662. The molecule has 0 aliphatic carbocycles. The number of hydrogen-bond acceptors (Lipinski definition) is 1. The molecule has 1 N–H and O–H groups in total. The number of aliphatic hydroxyl groups is 1. The molecule has 0 radical (unpaired) electrons. The third-order valence-electron chi connectivity index (χ3n) is 1.51. The van der Waals surface area contributed by atoms with E-state index in [0.29, 0.717) is 0 Å². The van der Waals surface area contributed by atoms with Crippen molar-refractivity contribution in [2.45, 2.75) is 13.0 Å². The molecule has 0 saturated carbocycles. The molecule has 0 amide bonds. The van der Waals surface area contributed by atoms with E-state index in [9.17, 15) is 5.11 Å². The van der Waals surface area contributed by atoms with Crippen molar-refractivity contribution < 1.29 is 5.11 Å². The molecule has 0 spiro atoms. The fraction of sp³-hybridized carbons (Fsp3) is 0.167. The Hall–Kier alpha value is -1.52. The van der Waals surface area contributed by atoms with Crippen LogP contribution in [-0.4, -0.2) is 11.2 Å². The number of rotatable bonds is 1. The molecule has 0 bridgehead atoms. The third kappa shape index (κ3) is 3.59. The summed E-state index contributed by atoms with van der Waals surface area (Å²) < 4.78 is 0. The molecule has 0 aromatic heterocycles. The highest BCUT2D eigenvalue weighted by molar-refractivity contribution is 5.35. The van der Waals surface area contributed by atoms with Crippen LogP contribution in [-0.2, 0) is 0 Å². The normalized spacial score (nSPS) is 12.2. The van der Waals surface area contributed by atoms with E-state index in [2.05, 4.69) is 11.8 Å². The first-order chi connectivity index (χ1) is 6.33. The zero-order valence-corrected chi connectivity index (χ0v) is 7.57. The Morgan fingerprint density at radius 3 is 2.62 bits per heavy atom. The molecule has 0 fully saturated rings. The second-order valence-electron chi connectivity index (χ2n) is 2.61. The molecule has 1 unspecified atom stereocenters. The van der Waals surface area contributed by atoms with Crippen molar-refractivity contribution in [2.75, 3.05) is 0 Å². The van der Waals surface area contributed by atoms with Crippen molar-refractivity contribution in [2.24, 2.45) is 0 Å². The minimum atomic E-state index is -0.662. The van der Waals surface area contributed by atoms with Gasteiger partial charge in [0, 0.05) is 5.56 Å². The summed E-state index contributed by atoms with van der Waals surface area (Å²) in [6, 6.07) is 9.61. The summed E-state index contributed by atoms with van der Waals surface area (Å²) in [6.45, 7) is 1.85. The van der Waals surface area contributed by atoms with E-state index < -0.39 is 6.10 Å². The summed E-state index contributed by atoms with van der Waals surface area (Å²) >= 11 is 0. The summed E-state index contributed by atoms with van der Waals surface area (Å²) in [4.78, 5) is 0. The standard InChI is InChI=1S/C12H12O/c1-2-6-12(13)10-9-11-7-4-3-5-8-11/h2-8,12-13H,1H3/b6-2+. The molecular weight excluding hydrogens is 160 g/mol. The van der Waals surface area contributed by atoms with Crippen molar-refractivity contribution in [3.63, 3.8) is 0 Å². The predicted molar refractivity (Wildman–Crippen MR) is 54.1 cm³/mol. The minimum Gasteiger partial charge on any atom is -0.377 e. The first-order valence-electron chi connectivity index (χ1n) is 4.20. The van der Waals surface area contributed by atoms with Crippen molar-refractivity contribution >= 4 is 0 Å². The molecule has 13 heavy (non-hydrogen) atoms. The van der Waals surface area contributed by atoms with Crippen LogP contribution in [0.1, 0.15) is 12.5 Å². The molecule has 1 aromatic rings. The first kappa shape index (κ1) is 9.57. The zero-order valence-electron chi connectivity index (χ0n) is 7.57. The predicted octanol–water partition coefficient (Wildman–Crippen LogP) is 1.98. The third-order valence-corrected chi connectivity index (χ3v) is 1.51. The van der Waals surface area contributed by atoms with Crippen molar-refractivity contribution in [3.05, 3.63) is 48.0 Å². The maximum absolute atomic E-state index is 9.25. The van der Waals surface area contributed by atoms with Crippen LogP contribution in [0.15, 0.2) is 42.5 Å². The van der Waals surface area contributed by atoms with E-state index in [1.807, 2.05) is 37.3 Å². The van der Waals surface area contributed by atoms with E-state index >= 15 is 0 Å². The van der Waals surface area contributed by atoms with Gasteiger partial charge in [-0.25, -0.2) is 0 Å². The molecule has 1 heteroatoms. The lowest BCUT2D eigenvalue weighted by atomic mass is 10.2. The Bertz CT molecular complexity index is 327. The van der Waals surface area contributed by atoms with Crippen LogP contribution in [0.5, 0.6) is 0 Å². The van der Waals surface area contributed by atoms with E-state index in [-0.39, 0.29) is 0 Å². The molecule has 1 aromatic carbocycles. The Kier molecular flexibility index (Phi) is 3.81. The lowest BCUT2D eigenvalue weighted by Gasteiger charge is -1.91. The lowest BCUT2D eigenvalue weighted by Crippen LogP contribution is -1.95. The van der Waals surface area contributed by atoms with Gasteiger partial charge in [-0.1, -0.05) is 36.1 Å². The average Bonchev–Trinajstić information content (AvgIpc) is 2.17. The zero-order chi connectivity index (χ0) is 9.52. The highest BCUT2D eigenvalue weighted by atomic mass is 16.3. The van der Waals surface area contributed by atoms with Gasteiger partial charge in [0.25, 0.3) is 0 Å². The maximum atomic E-state index is 9.25. The van der Waals surface area contributed by atoms with Crippen molar-refractivity contribution in [1.82, 2.24) is 0 Å². The van der Waals surface area contributed by atoms with Crippen LogP contribution in [0, 0.1) is 11.8 Å². The summed E-state index contributed by atoms with van der Waals surface area (Å²) in [6.07, 6.45) is 2.77. The van der Waals surface area contributed by atoms with Gasteiger partial charge in [-0.2, -0.15) is 0 Å². The van der Waals surface area contributed by atoms with E-state index in [4.69, 9.17) is 0 Å². The van der Waals surface area contributed by atoms with E-state index in [0.717, 1.165) is 5.56 Å². The van der Waals surface area contributed by atoms with Crippen molar-refractivity contribution in [3.8, 4) is 11.8 Å². The summed E-state index contributed by atoms with van der Waals surface area (Å²) in [5.74, 6) is 5.60. The fourth-order valence-corrected chi connectivity index (χ4v) is 0.909. The highest BCUT2D eigenvalue weighted by Crippen LogP contribution is 1.95. The first-order valence-corrected chi connectivity index (χ1v) is 4.20. The monoisotopic (exact) mass is 172 g/mol. The van der Waals surface area contributed by atoms with Crippen LogP contribution in [0.2, 0.25) is 0 Å². The van der Waals surface area contributed by atoms with E-state index in [1.54, 1.807) is 12.2 Å². The Morgan fingerprint density at radius 1 is 1.31 bits per heavy atom. The average molecular weight is 172 g/mol. The van der Waals surface area contributed by atoms with Gasteiger partial charge in [-0.15, -0.1) is 0 Å². The van der Waals surface area contributed by atoms with E-state index in [1.165, 1.54) is 0 Å². The molecule has 1 nitrogen and oxygen atoms in total. The maximum Gasteiger partial charge on any atom is 0.133 e. The summed E-state index contributed by atoms with van der Waals surface area (Å²) in [5.41, 5.74) is 0.922. The Labute approximate surface area is 78.7 Å². The molecule has 1 rings (SSSR count). The van der Waals surface area contributed by atoms with Gasteiger partial charge in [0.2, 0.25) is 0 Å². The van der Waals surface area contributed by atoms with Gasteiger partial charge >= 0.3 is 0 Å². The topological polar surface area (TPSA) is 20.2 Å². The summed E-state index contributed by atoms with van der Waals surface area (Å²) in [5, 5.41) is 9.25. The van der Waals surface area contributed by atoms with Crippen LogP contribution >= 0.6 is 0 Å². The second kappa shape index (κ2) is 5.18. The number of aliphatic hydroxyl groups excluding tert-OH is 1. The molecule has 0 aliphatic rings. The second-order valence-corrected chi connectivity index (χ2v) is 2.61. The van der Waals surface area contributed by atoms with Crippen LogP contribution < -0.4 is 0 Å². The number of hydrogen-bond donors (Lipinski definition) is 1. The van der Waals surface area contributed by atoms with Crippen LogP contribution in [0.25, 0.3) is 0 Å². The molecule has 66 valence electrons. The summed E-state index contributed by atoms with van der Waals surface area (Å²) in [7, 11) is 0. The Balaban J connectivity index is 2.67. The molecule has 1 atom stereocenters. The van der Waals surface area contributed by atoms with Gasteiger partial charge in [0.1, 0.15) is 6.10 Å². The molecule has 0 saturated heterocycles. The highest BCUT2D eigenvalue weighted by Gasteiger charge is 1.88. The largest absolute Gasteiger partial charge is 0.377 e. The van der Waals surface area contributed by atoms with Crippen LogP contribution in [0.4, 0.5) is 0 Å². The van der Waals surface area contributed by atoms with Gasteiger partial charge in [0.15, 0.2) is 0 Å². The van der Waals surface area contributed by atoms with Crippen molar-refractivity contribution in [1.29, 1.82) is 0 Å². The quantitative estimate of drug-likeness (QED) is 0.507. The number of allylic oxidation sites excluding steroid dienone is 1. The van der Waals surface area contributed by atoms with Gasteiger partial charge in [0.05, 0.1) is 0 Å². The lowest BCUT2D eigenvalue weighted by molar-refractivity contribution is 0.280. The SMILES string of the molecule is C/C=C/C(O)C#Cc1ccccc1. The van der Waals surface area contributed by atoms with Crippen LogP contribution in [0.3, 0.4) is 0 Å². The van der Waals surface area contributed by atoms with Gasteiger partial charge < -0.3 is 5.11 Å². The number of benzene rings is 1. The Morgan fingerprint density at radius 2 is 2.00 bits per heavy atom. The van der Waals surface area contributed by atoms with Gasteiger partial charge in [-0.05, 0) is 25.1 Å². The molecule has 0 aliphatic heterocycles. The molecular formula is C12H12O. The smallest absolute Gasteiger partial charge is 0.133 e. The van der Waals surface area contributed by atoms with Gasteiger partial charge in [-0.3, -0.25) is 0 Å². The molecule has 0 heterocycles. The fourth-order valence-electron chi connectivity index (χ4n) is 0.909.